The third-order valence-electron chi connectivity index (χ3n) is 3.73. The third kappa shape index (κ3) is 6.66. The van der Waals surface area contributed by atoms with Crippen molar-refractivity contribution < 1.29 is 9.21 Å². The predicted molar refractivity (Wildman–Crippen MR) is 97.4 cm³/mol. The summed E-state index contributed by atoms with van der Waals surface area (Å²) in [5.74, 6) is 1.51. The van der Waals surface area contributed by atoms with Crippen LogP contribution in [0.2, 0.25) is 0 Å². The van der Waals surface area contributed by atoms with Gasteiger partial charge >= 0.3 is 0 Å². The summed E-state index contributed by atoms with van der Waals surface area (Å²) in [6.45, 7) is 1.50. The molecule has 7 nitrogen and oxygen atoms in total. The minimum absolute atomic E-state index is 0.00455. The minimum atomic E-state index is 0.00455. The molecule has 0 spiro atoms. The molecule has 0 aliphatic rings. The lowest BCUT2D eigenvalue weighted by Crippen LogP contribution is -2.44. The van der Waals surface area contributed by atoms with Crippen LogP contribution in [-0.2, 0) is 17.6 Å². The number of carbonyl (C=O) groups is 1. The number of hydrogen-bond donors (Lipinski definition) is 2. The number of nitrogens with zero attached hydrogens (tertiary/aromatic N) is 3. The first-order chi connectivity index (χ1) is 12.2. The van der Waals surface area contributed by atoms with Crippen molar-refractivity contribution in [2.24, 2.45) is 4.99 Å². The Morgan fingerprint density at radius 2 is 2.12 bits per heavy atom. The first-order valence-electron chi connectivity index (χ1n) is 8.30. The molecule has 2 heterocycles. The molecule has 0 fully saturated rings. The van der Waals surface area contributed by atoms with Crippen LogP contribution in [-0.4, -0.2) is 55.5 Å². The van der Waals surface area contributed by atoms with Gasteiger partial charge in [-0.25, -0.2) is 0 Å². The highest BCUT2D eigenvalue weighted by Crippen LogP contribution is 1.99. The molecular weight excluding hydrogens is 318 g/mol. The van der Waals surface area contributed by atoms with Gasteiger partial charge in [0.25, 0.3) is 0 Å². The SMILES string of the molecule is CN=C(NCCc1ccco1)NCC(=O)N(C)CCc1ccccn1. The number of amides is 1. The van der Waals surface area contributed by atoms with Crippen molar-refractivity contribution in [3.63, 3.8) is 0 Å². The molecule has 2 rings (SSSR count). The molecule has 0 unspecified atom stereocenters. The van der Waals surface area contributed by atoms with E-state index in [0.717, 1.165) is 24.3 Å². The maximum atomic E-state index is 12.2. The van der Waals surface area contributed by atoms with Crippen molar-refractivity contribution in [2.75, 3.05) is 33.7 Å². The van der Waals surface area contributed by atoms with Gasteiger partial charge in [0.15, 0.2) is 5.96 Å². The van der Waals surface area contributed by atoms with Gasteiger partial charge in [-0.15, -0.1) is 0 Å². The summed E-state index contributed by atoms with van der Waals surface area (Å²) in [6.07, 6.45) is 4.91. The van der Waals surface area contributed by atoms with Gasteiger partial charge in [0.05, 0.1) is 12.8 Å². The number of pyridine rings is 1. The molecule has 2 aromatic heterocycles. The van der Waals surface area contributed by atoms with Gasteiger partial charge in [-0.05, 0) is 24.3 Å². The average molecular weight is 343 g/mol. The molecular formula is C18H25N5O2. The van der Waals surface area contributed by atoms with Crippen LogP contribution < -0.4 is 10.6 Å². The number of hydrogen-bond acceptors (Lipinski definition) is 4. The van der Waals surface area contributed by atoms with Gasteiger partial charge in [0.2, 0.25) is 5.91 Å². The number of furan rings is 1. The maximum absolute atomic E-state index is 12.2. The van der Waals surface area contributed by atoms with Crippen LogP contribution >= 0.6 is 0 Å². The van der Waals surface area contributed by atoms with Crippen LogP contribution in [0.3, 0.4) is 0 Å². The van der Waals surface area contributed by atoms with E-state index in [-0.39, 0.29) is 12.5 Å². The summed E-state index contributed by atoms with van der Waals surface area (Å²) in [5, 5.41) is 6.19. The van der Waals surface area contributed by atoms with Crippen LogP contribution in [0.4, 0.5) is 0 Å². The number of aromatic nitrogens is 1. The van der Waals surface area contributed by atoms with Crippen molar-refractivity contribution in [3.8, 4) is 0 Å². The number of aliphatic imine (C=N–C) groups is 1. The van der Waals surface area contributed by atoms with Gasteiger partial charge < -0.3 is 20.0 Å². The quantitative estimate of drug-likeness (QED) is 0.554. The van der Waals surface area contributed by atoms with Crippen LogP contribution in [0.5, 0.6) is 0 Å². The highest BCUT2D eigenvalue weighted by atomic mass is 16.3. The van der Waals surface area contributed by atoms with Crippen LogP contribution in [0, 0.1) is 0 Å². The van der Waals surface area contributed by atoms with Gasteiger partial charge in [0, 0.05) is 51.9 Å². The fourth-order valence-corrected chi connectivity index (χ4v) is 2.23. The van der Waals surface area contributed by atoms with E-state index in [1.165, 1.54) is 0 Å². The van der Waals surface area contributed by atoms with Crippen molar-refractivity contribution in [3.05, 3.63) is 54.2 Å². The molecule has 0 bridgehead atoms. The first-order valence-corrected chi connectivity index (χ1v) is 8.30. The molecule has 0 saturated heterocycles. The van der Waals surface area contributed by atoms with Crippen molar-refractivity contribution in [1.82, 2.24) is 20.5 Å². The Hall–Kier alpha value is -2.83. The number of nitrogens with one attached hydrogen (secondary N) is 2. The van der Waals surface area contributed by atoms with Gasteiger partial charge in [0.1, 0.15) is 5.76 Å². The van der Waals surface area contributed by atoms with Crippen molar-refractivity contribution in [2.45, 2.75) is 12.8 Å². The number of carbonyl (C=O) groups excluding carboxylic acids is 1. The Morgan fingerprint density at radius 3 is 2.80 bits per heavy atom. The normalized spacial score (nSPS) is 11.2. The van der Waals surface area contributed by atoms with E-state index >= 15 is 0 Å². The van der Waals surface area contributed by atoms with E-state index < -0.39 is 0 Å². The lowest BCUT2D eigenvalue weighted by molar-refractivity contribution is -0.128. The number of rotatable bonds is 8. The number of guanidine groups is 1. The van der Waals surface area contributed by atoms with E-state index in [2.05, 4.69) is 20.6 Å². The molecule has 0 aromatic carbocycles. The average Bonchev–Trinajstić information content (AvgIpc) is 3.16. The third-order valence-corrected chi connectivity index (χ3v) is 3.73. The van der Waals surface area contributed by atoms with Crippen LogP contribution in [0.15, 0.2) is 52.2 Å². The molecule has 2 N–H and O–H groups in total. The Kier molecular flexibility index (Phi) is 7.49. The molecule has 7 heteroatoms. The molecule has 0 radical (unpaired) electrons. The second-order valence-corrected chi connectivity index (χ2v) is 5.57. The summed E-state index contributed by atoms with van der Waals surface area (Å²) in [6, 6.07) is 9.58. The standard InChI is InChI=1S/C18H25N5O2/c1-19-18(21-11-8-16-7-5-13-25-16)22-14-17(24)23(2)12-9-15-6-3-4-10-20-15/h3-7,10,13H,8-9,11-12,14H2,1-2H3,(H2,19,21,22). The lowest BCUT2D eigenvalue weighted by Gasteiger charge is -2.18. The zero-order valence-corrected chi connectivity index (χ0v) is 14.7. The Balaban J connectivity index is 1.66. The zero-order valence-electron chi connectivity index (χ0n) is 14.7. The lowest BCUT2D eigenvalue weighted by atomic mass is 10.2. The Labute approximate surface area is 148 Å². The van der Waals surface area contributed by atoms with Crippen molar-refractivity contribution >= 4 is 11.9 Å². The molecule has 0 atom stereocenters. The first kappa shape index (κ1) is 18.5. The van der Waals surface area contributed by atoms with Gasteiger partial charge in [-0.3, -0.25) is 14.8 Å². The molecule has 1 amide bonds. The molecule has 25 heavy (non-hydrogen) atoms. The summed E-state index contributed by atoms with van der Waals surface area (Å²) in [7, 11) is 3.47. The topological polar surface area (TPSA) is 82.8 Å². The number of likely N-dealkylation sites (N-methyl/N-ethyl adjacent to an activating group) is 1. The smallest absolute Gasteiger partial charge is 0.241 e. The fraction of sp³-hybridized carbons (Fsp3) is 0.389. The van der Waals surface area contributed by atoms with Gasteiger partial charge in [-0.1, -0.05) is 6.07 Å². The van der Waals surface area contributed by atoms with Gasteiger partial charge in [-0.2, -0.15) is 0 Å². The monoisotopic (exact) mass is 343 g/mol. The summed E-state index contributed by atoms with van der Waals surface area (Å²) in [5.41, 5.74) is 0.977. The molecule has 134 valence electrons. The summed E-state index contributed by atoms with van der Waals surface area (Å²) < 4.78 is 5.28. The second kappa shape index (κ2) is 10.1. The van der Waals surface area contributed by atoms with E-state index in [9.17, 15) is 4.79 Å². The Bertz CT molecular complexity index is 655. The van der Waals surface area contributed by atoms with E-state index in [0.29, 0.717) is 19.0 Å². The second-order valence-electron chi connectivity index (χ2n) is 5.57. The van der Waals surface area contributed by atoms with E-state index in [1.807, 2.05) is 30.3 Å². The molecule has 0 aliphatic carbocycles. The highest BCUT2D eigenvalue weighted by molar-refractivity contribution is 5.86. The highest BCUT2D eigenvalue weighted by Gasteiger charge is 2.10. The van der Waals surface area contributed by atoms with Crippen molar-refractivity contribution in [1.29, 1.82) is 0 Å². The summed E-state index contributed by atoms with van der Waals surface area (Å²) >= 11 is 0. The largest absolute Gasteiger partial charge is 0.469 e. The zero-order chi connectivity index (χ0) is 17.9. The van der Waals surface area contributed by atoms with Crippen LogP contribution in [0.1, 0.15) is 11.5 Å². The van der Waals surface area contributed by atoms with E-state index in [1.54, 1.807) is 31.5 Å². The Morgan fingerprint density at radius 1 is 1.24 bits per heavy atom. The maximum Gasteiger partial charge on any atom is 0.241 e. The molecule has 0 aliphatic heterocycles. The predicted octanol–water partition coefficient (Wildman–Crippen LogP) is 1.08. The minimum Gasteiger partial charge on any atom is -0.469 e. The van der Waals surface area contributed by atoms with E-state index in [4.69, 9.17) is 4.42 Å². The molecule has 0 saturated carbocycles. The summed E-state index contributed by atoms with van der Waals surface area (Å²) in [4.78, 5) is 22.3. The fourth-order valence-electron chi connectivity index (χ4n) is 2.23. The van der Waals surface area contributed by atoms with Crippen LogP contribution in [0.25, 0.3) is 0 Å². The molecule has 2 aromatic rings.